The summed E-state index contributed by atoms with van der Waals surface area (Å²) in [6.07, 6.45) is 4.92. The van der Waals surface area contributed by atoms with Crippen molar-refractivity contribution < 1.29 is 9.53 Å². The van der Waals surface area contributed by atoms with Crippen molar-refractivity contribution in [3.8, 4) is 0 Å². The molecule has 4 N–H and O–H groups in total. The maximum absolute atomic E-state index is 11.7. The lowest BCUT2D eigenvalue weighted by Crippen LogP contribution is -2.53. The highest BCUT2D eigenvalue weighted by Gasteiger charge is 2.22. The molecule has 0 aromatic rings. The molecule has 5 heteroatoms. The first-order valence-electron chi connectivity index (χ1n) is 7.75. The fourth-order valence-corrected chi connectivity index (χ4v) is 2.31. The number of amides is 1. The Bertz CT molecular complexity index is 298. The van der Waals surface area contributed by atoms with Gasteiger partial charge in [-0.25, -0.2) is 4.79 Å². The predicted octanol–water partition coefficient (Wildman–Crippen LogP) is 2.01. The summed E-state index contributed by atoms with van der Waals surface area (Å²) in [5.74, 6) is 0.884. The monoisotopic (exact) mass is 285 g/mol. The molecule has 1 amide bonds. The summed E-state index contributed by atoms with van der Waals surface area (Å²) >= 11 is 0. The molecule has 0 radical (unpaired) electrons. The van der Waals surface area contributed by atoms with E-state index in [9.17, 15) is 4.79 Å². The van der Waals surface area contributed by atoms with Crippen molar-refractivity contribution in [2.75, 3.05) is 13.1 Å². The van der Waals surface area contributed by atoms with Crippen molar-refractivity contribution in [1.29, 1.82) is 0 Å². The summed E-state index contributed by atoms with van der Waals surface area (Å²) < 4.78 is 5.25. The van der Waals surface area contributed by atoms with E-state index in [1.807, 2.05) is 27.7 Å². The molecule has 0 bridgehead atoms. The van der Waals surface area contributed by atoms with Gasteiger partial charge in [-0.3, -0.25) is 0 Å². The minimum absolute atomic E-state index is 0.0451. The molecule has 20 heavy (non-hydrogen) atoms. The summed E-state index contributed by atoms with van der Waals surface area (Å²) in [6, 6.07) is 0.0406. The van der Waals surface area contributed by atoms with Crippen LogP contribution in [-0.2, 0) is 4.74 Å². The lowest BCUT2D eigenvalue weighted by Gasteiger charge is -2.29. The van der Waals surface area contributed by atoms with Crippen LogP contribution in [0.3, 0.4) is 0 Å². The van der Waals surface area contributed by atoms with Crippen molar-refractivity contribution in [2.45, 2.75) is 71.1 Å². The second kappa shape index (κ2) is 7.84. The van der Waals surface area contributed by atoms with E-state index in [1.54, 1.807) is 0 Å². The van der Waals surface area contributed by atoms with E-state index in [1.165, 1.54) is 25.7 Å². The Morgan fingerprint density at radius 3 is 2.50 bits per heavy atom. The zero-order valence-electron chi connectivity index (χ0n) is 13.4. The zero-order chi connectivity index (χ0) is 15.2. The zero-order valence-corrected chi connectivity index (χ0v) is 13.4. The number of ether oxygens (including phenoxy) is 1. The van der Waals surface area contributed by atoms with Gasteiger partial charge in [0.2, 0.25) is 0 Å². The molecule has 1 fully saturated rings. The molecule has 1 rings (SSSR count). The van der Waals surface area contributed by atoms with Crippen LogP contribution in [-0.4, -0.2) is 36.9 Å². The van der Waals surface area contributed by atoms with Crippen molar-refractivity contribution in [3.63, 3.8) is 0 Å². The third kappa shape index (κ3) is 6.57. The van der Waals surface area contributed by atoms with E-state index < -0.39 is 5.60 Å². The summed E-state index contributed by atoms with van der Waals surface area (Å²) in [4.78, 5) is 11.7. The van der Waals surface area contributed by atoms with Gasteiger partial charge in [0.1, 0.15) is 5.60 Å². The molecular formula is C15H31N3O2. The third-order valence-corrected chi connectivity index (χ3v) is 3.79. The largest absolute Gasteiger partial charge is 0.444 e. The molecule has 0 saturated heterocycles. The van der Waals surface area contributed by atoms with Crippen LogP contribution in [0, 0.1) is 5.92 Å². The van der Waals surface area contributed by atoms with Gasteiger partial charge in [0.05, 0.1) is 0 Å². The first kappa shape index (κ1) is 17.2. The average molecular weight is 285 g/mol. The van der Waals surface area contributed by atoms with Gasteiger partial charge in [-0.1, -0.05) is 19.3 Å². The van der Waals surface area contributed by atoms with Crippen LogP contribution in [0.2, 0.25) is 0 Å². The predicted molar refractivity (Wildman–Crippen MR) is 81.6 cm³/mol. The number of carbonyl (C=O) groups is 1. The molecular weight excluding hydrogens is 254 g/mol. The fraction of sp³-hybridized carbons (Fsp3) is 0.933. The Morgan fingerprint density at radius 1 is 1.40 bits per heavy atom. The number of alkyl carbamates (subject to hydrolysis) is 1. The van der Waals surface area contributed by atoms with E-state index >= 15 is 0 Å². The molecule has 2 unspecified atom stereocenters. The van der Waals surface area contributed by atoms with Crippen LogP contribution < -0.4 is 16.4 Å². The summed E-state index contributed by atoms with van der Waals surface area (Å²) in [5.41, 5.74) is 5.31. The van der Waals surface area contributed by atoms with Crippen LogP contribution >= 0.6 is 0 Å². The third-order valence-electron chi connectivity index (χ3n) is 3.79. The fourth-order valence-electron chi connectivity index (χ4n) is 2.31. The molecule has 1 aliphatic rings. The average Bonchev–Trinajstić information content (AvgIpc) is 2.23. The number of nitrogens with one attached hydrogen (secondary N) is 2. The topological polar surface area (TPSA) is 76.4 Å². The standard InChI is InChI=1S/C15H31N3O2/c1-11(18-14(19)20-15(2,3)4)13(10-16)17-9-8-12-6-5-7-12/h11-13,17H,5-10,16H2,1-4H3,(H,18,19). The van der Waals surface area contributed by atoms with E-state index in [0.29, 0.717) is 6.54 Å². The summed E-state index contributed by atoms with van der Waals surface area (Å²) in [5, 5.41) is 6.29. The first-order valence-corrected chi connectivity index (χ1v) is 7.75. The molecule has 0 spiro atoms. The van der Waals surface area contributed by atoms with Crippen LogP contribution in [0.1, 0.15) is 53.4 Å². The highest BCUT2D eigenvalue weighted by atomic mass is 16.6. The smallest absolute Gasteiger partial charge is 0.407 e. The minimum Gasteiger partial charge on any atom is -0.444 e. The van der Waals surface area contributed by atoms with Gasteiger partial charge in [0.25, 0.3) is 0 Å². The lowest BCUT2D eigenvalue weighted by atomic mass is 9.83. The van der Waals surface area contributed by atoms with Crippen LogP contribution in [0.15, 0.2) is 0 Å². The van der Waals surface area contributed by atoms with Gasteiger partial charge < -0.3 is 21.1 Å². The highest BCUT2D eigenvalue weighted by molar-refractivity contribution is 5.68. The molecule has 0 aromatic heterocycles. The van der Waals surface area contributed by atoms with E-state index in [-0.39, 0.29) is 18.2 Å². The Hall–Kier alpha value is -0.810. The Kier molecular flexibility index (Phi) is 6.76. The second-order valence-electron chi connectivity index (χ2n) is 6.82. The number of nitrogens with two attached hydrogens (primary N) is 1. The van der Waals surface area contributed by atoms with Gasteiger partial charge >= 0.3 is 6.09 Å². The Labute approximate surface area is 123 Å². The van der Waals surface area contributed by atoms with E-state index in [2.05, 4.69) is 10.6 Å². The Balaban J connectivity index is 2.25. The molecule has 5 nitrogen and oxygen atoms in total. The van der Waals surface area contributed by atoms with Gasteiger partial charge in [-0.15, -0.1) is 0 Å². The number of rotatable bonds is 7. The normalized spacial score (nSPS) is 19.1. The summed E-state index contributed by atoms with van der Waals surface area (Å²) in [7, 11) is 0. The van der Waals surface area contributed by atoms with E-state index in [0.717, 1.165) is 12.5 Å². The maximum Gasteiger partial charge on any atom is 0.407 e. The van der Waals surface area contributed by atoms with Crippen molar-refractivity contribution >= 4 is 6.09 Å². The number of hydrogen-bond acceptors (Lipinski definition) is 4. The molecule has 2 atom stereocenters. The van der Waals surface area contributed by atoms with Crippen LogP contribution in [0.4, 0.5) is 4.79 Å². The van der Waals surface area contributed by atoms with Gasteiger partial charge in [0.15, 0.2) is 0 Å². The molecule has 118 valence electrons. The van der Waals surface area contributed by atoms with Crippen molar-refractivity contribution in [2.24, 2.45) is 11.7 Å². The van der Waals surface area contributed by atoms with Gasteiger partial charge in [-0.2, -0.15) is 0 Å². The quantitative estimate of drug-likeness (QED) is 0.669. The molecule has 0 aliphatic heterocycles. The van der Waals surface area contributed by atoms with Gasteiger partial charge in [0, 0.05) is 18.6 Å². The second-order valence-corrected chi connectivity index (χ2v) is 6.82. The number of hydrogen-bond donors (Lipinski definition) is 3. The molecule has 0 heterocycles. The van der Waals surface area contributed by atoms with Crippen molar-refractivity contribution in [1.82, 2.24) is 10.6 Å². The van der Waals surface area contributed by atoms with Crippen molar-refractivity contribution in [3.05, 3.63) is 0 Å². The minimum atomic E-state index is -0.473. The SMILES string of the molecule is CC(NC(=O)OC(C)(C)C)C(CN)NCCC1CCC1. The highest BCUT2D eigenvalue weighted by Crippen LogP contribution is 2.28. The first-order chi connectivity index (χ1) is 9.31. The van der Waals surface area contributed by atoms with Crippen LogP contribution in [0.25, 0.3) is 0 Å². The van der Waals surface area contributed by atoms with Crippen LogP contribution in [0.5, 0.6) is 0 Å². The lowest BCUT2D eigenvalue weighted by molar-refractivity contribution is 0.0498. The van der Waals surface area contributed by atoms with Gasteiger partial charge in [-0.05, 0) is 46.6 Å². The molecule has 1 aliphatic carbocycles. The molecule has 1 saturated carbocycles. The summed E-state index contributed by atoms with van der Waals surface area (Å²) in [6.45, 7) is 8.99. The van der Waals surface area contributed by atoms with E-state index in [4.69, 9.17) is 10.5 Å². The Morgan fingerprint density at radius 2 is 2.05 bits per heavy atom. The molecule has 0 aromatic carbocycles. The number of carbonyl (C=O) groups excluding carboxylic acids is 1. The maximum atomic E-state index is 11.7.